The monoisotopic (exact) mass is 409 g/mol. The van der Waals surface area contributed by atoms with Gasteiger partial charge in [-0.3, -0.25) is 9.59 Å². The van der Waals surface area contributed by atoms with E-state index < -0.39 is 6.04 Å². The molecule has 0 bridgehead atoms. The van der Waals surface area contributed by atoms with E-state index in [9.17, 15) is 14.4 Å². The van der Waals surface area contributed by atoms with Crippen LogP contribution in [0.15, 0.2) is 48.5 Å². The van der Waals surface area contributed by atoms with E-state index in [1.54, 1.807) is 18.7 Å². The molecular weight excluding hydrogens is 382 g/mol. The molecule has 1 heterocycles. The molecule has 3 rings (SSSR count). The van der Waals surface area contributed by atoms with Crippen molar-refractivity contribution in [3.63, 3.8) is 0 Å². The molecule has 0 spiro atoms. The summed E-state index contributed by atoms with van der Waals surface area (Å²) in [6, 6.07) is 14.4. The molecule has 158 valence electrons. The van der Waals surface area contributed by atoms with Crippen molar-refractivity contribution in [2.45, 2.75) is 39.3 Å². The Morgan fingerprint density at radius 2 is 1.90 bits per heavy atom. The fourth-order valence-electron chi connectivity index (χ4n) is 3.61. The molecule has 2 N–H and O–H groups in total. The molecule has 1 aliphatic rings. The highest BCUT2D eigenvalue weighted by Gasteiger charge is 2.22. The van der Waals surface area contributed by atoms with Crippen LogP contribution in [0, 0.1) is 0 Å². The quantitative estimate of drug-likeness (QED) is 0.688. The number of benzene rings is 2. The minimum absolute atomic E-state index is 0.0348. The molecule has 30 heavy (non-hydrogen) atoms. The minimum Gasteiger partial charge on any atom is -0.466 e. The maximum absolute atomic E-state index is 12.5. The third-order valence-electron chi connectivity index (χ3n) is 5.06. The second-order valence-corrected chi connectivity index (χ2v) is 7.18. The van der Waals surface area contributed by atoms with Crippen molar-refractivity contribution in [3.05, 3.63) is 65.2 Å². The SMILES string of the molecule is CCOC(=O)C[C@H](NC(=O)NCc1ccc2c(c1)CCN2C(C)=O)c1ccccc1. The summed E-state index contributed by atoms with van der Waals surface area (Å²) in [7, 11) is 0. The van der Waals surface area contributed by atoms with Crippen molar-refractivity contribution < 1.29 is 19.1 Å². The second kappa shape index (κ2) is 9.91. The molecular formula is C23H27N3O4. The van der Waals surface area contributed by atoms with E-state index in [-0.39, 0.29) is 24.3 Å². The third kappa shape index (κ3) is 5.37. The normalized spacial score (nSPS) is 13.3. The Balaban J connectivity index is 1.60. The Hall–Kier alpha value is -3.35. The number of carbonyl (C=O) groups excluding carboxylic acids is 3. The number of esters is 1. The summed E-state index contributed by atoms with van der Waals surface area (Å²) in [5.74, 6) is -0.326. The van der Waals surface area contributed by atoms with Gasteiger partial charge < -0.3 is 20.3 Å². The average molecular weight is 409 g/mol. The standard InChI is InChI=1S/C23H27N3O4/c1-3-30-22(28)14-20(18-7-5-4-6-8-18)25-23(29)24-15-17-9-10-21-19(13-17)11-12-26(21)16(2)27/h4-10,13,20H,3,11-12,14-15H2,1-2H3,(H2,24,25,29)/t20-/m0/s1. The molecule has 1 atom stereocenters. The van der Waals surface area contributed by atoms with E-state index in [0.29, 0.717) is 19.7 Å². The van der Waals surface area contributed by atoms with Crippen LogP contribution in [0.2, 0.25) is 0 Å². The van der Waals surface area contributed by atoms with Gasteiger partial charge in [-0.2, -0.15) is 0 Å². The van der Waals surface area contributed by atoms with Gasteiger partial charge in [-0.05, 0) is 36.1 Å². The molecule has 7 heteroatoms. The van der Waals surface area contributed by atoms with Crippen molar-refractivity contribution in [3.8, 4) is 0 Å². The van der Waals surface area contributed by atoms with Crippen LogP contribution >= 0.6 is 0 Å². The Labute approximate surface area is 176 Å². The number of ether oxygens (including phenoxy) is 1. The molecule has 0 saturated carbocycles. The van der Waals surface area contributed by atoms with Gasteiger partial charge in [0.25, 0.3) is 0 Å². The summed E-state index contributed by atoms with van der Waals surface area (Å²) in [6.07, 6.45) is 0.871. The van der Waals surface area contributed by atoms with Crippen LogP contribution < -0.4 is 15.5 Å². The minimum atomic E-state index is -0.477. The van der Waals surface area contributed by atoms with Gasteiger partial charge in [-0.15, -0.1) is 0 Å². The number of rotatable bonds is 7. The van der Waals surface area contributed by atoms with Gasteiger partial charge in [0.1, 0.15) is 0 Å². The molecule has 1 aliphatic heterocycles. The Bertz CT molecular complexity index is 914. The third-order valence-corrected chi connectivity index (χ3v) is 5.06. The molecule has 0 fully saturated rings. The summed E-state index contributed by atoms with van der Waals surface area (Å²) < 4.78 is 5.03. The van der Waals surface area contributed by atoms with Crippen molar-refractivity contribution in [2.75, 3.05) is 18.1 Å². The summed E-state index contributed by atoms with van der Waals surface area (Å²) >= 11 is 0. The summed E-state index contributed by atoms with van der Waals surface area (Å²) in [5, 5.41) is 5.71. The number of hydrogen-bond donors (Lipinski definition) is 2. The van der Waals surface area contributed by atoms with Gasteiger partial charge in [0, 0.05) is 25.7 Å². The number of fused-ring (bicyclic) bond motifs is 1. The molecule has 0 unspecified atom stereocenters. The van der Waals surface area contributed by atoms with Gasteiger partial charge in [0.2, 0.25) is 5.91 Å². The van der Waals surface area contributed by atoms with Crippen LogP contribution in [0.4, 0.5) is 10.5 Å². The Morgan fingerprint density at radius 3 is 2.60 bits per heavy atom. The first-order chi connectivity index (χ1) is 14.5. The summed E-state index contributed by atoms with van der Waals surface area (Å²) in [6.45, 7) is 4.65. The molecule has 7 nitrogen and oxygen atoms in total. The van der Waals surface area contributed by atoms with Crippen LogP contribution in [-0.2, 0) is 27.3 Å². The van der Waals surface area contributed by atoms with Crippen LogP contribution in [0.5, 0.6) is 0 Å². The molecule has 2 aromatic rings. The predicted octanol–water partition coefficient (Wildman–Crippen LogP) is 3.09. The summed E-state index contributed by atoms with van der Waals surface area (Å²) in [4.78, 5) is 37.9. The first-order valence-corrected chi connectivity index (χ1v) is 10.1. The first kappa shape index (κ1) is 21.4. The number of hydrogen-bond acceptors (Lipinski definition) is 4. The number of nitrogens with zero attached hydrogens (tertiary/aromatic N) is 1. The first-order valence-electron chi connectivity index (χ1n) is 10.1. The van der Waals surface area contributed by atoms with Crippen molar-refractivity contribution >= 4 is 23.6 Å². The lowest BCUT2D eigenvalue weighted by Crippen LogP contribution is -2.38. The maximum atomic E-state index is 12.5. The molecule has 2 aromatic carbocycles. The lowest BCUT2D eigenvalue weighted by molar-refractivity contribution is -0.143. The fourth-order valence-corrected chi connectivity index (χ4v) is 3.61. The van der Waals surface area contributed by atoms with Gasteiger partial charge >= 0.3 is 12.0 Å². The highest BCUT2D eigenvalue weighted by molar-refractivity contribution is 5.93. The fraction of sp³-hybridized carbons (Fsp3) is 0.348. The Morgan fingerprint density at radius 1 is 1.13 bits per heavy atom. The van der Waals surface area contributed by atoms with E-state index in [2.05, 4.69) is 10.6 Å². The Kier molecular flexibility index (Phi) is 7.06. The topological polar surface area (TPSA) is 87.7 Å². The highest BCUT2D eigenvalue weighted by Crippen LogP contribution is 2.28. The zero-order chi connectivity index (χ0) is 21.5. The molecule has 0 saturated heterocycles. The zero-order valence-corrected chi connectivity index (χ0v) is 17.3. The van der Waals surface area contributed by atoms with Gasteiger partial charge in [-0.1, -0.05) is 42.5 Å². The van der Waals surface area contributed by atoms with Crippen molar-refractivity contribution in [1.29, 1.82) is 0 Å². The zero-order valence-electron chi connectivity index (χ0n) is 17.3. The number of anilines is 1. The van der Waals surface area contributed by atoms with Crippen molar-refractivity contribution in [2.24, 2.45) is 0 Å². The predicted molar refractivity (Wildman–Crippen MR) is 114 cm³/mol. The molecule has 0 aliphatic carbocycles. The molecule has 3 amide bonds. The largest absolute Gasteiger partial charge is 0.466 e. The van der Waals surface area contributed by atoms with E-state index in [1.165, 1.54) is 0 Å². The van der Waals surface area contributed by atoms with Crippen LogP contribution in [0.25, 0.3) is 0 Å². The van der Waals surface area contributed by atoms with Crippen molar-refractivity contribution in [1.82, 2.24) is 10.6 Å². The lowest BCUT2D eigenvalue weighted by atomic mass is 10.0. The highest BCUT2D eigenvalue weighted by atomic mass is 16.5. The number of carbonyl (C=O) groups is 3. The average Bonchev–Trinajstić information content (AvgIpc) is 3.16. The number of urea groups is 1. The van der Waals surface area contributed by atoms with Gasteiger partial charge in [0.15, 0.2) is 0 Å². The number of nitrogens with one attached hydrogen (secondary N) is 2. The smallest absolute Gasteiger partial charge is 0.315 e. The number of amides is 3. The lowest BCUT2D eigenvalue weighted by Gasteiger charge is -2.19. The van der Waals surface area contributed by atoms with Gasteiger partial charge in [0.05, 0.1) is 19.1 Å². The van der Waals surface area contributed by atoms with Gasteiger partial charge in [-0.25, -0.2) is 4.79 Å². The van der Waals surface area contributed by atoms with E-state index >= 15 is 0 Å². The molecule has 0 aromatic heterocycles. The molecule has 0 radical (unpaired) electrons. The summed E-state index contributed by atoms with van der Waals surface area (Å²) in [5.41, 5.74) is 3.84. The van der Waals surface area contributed by atoms with Crippen LogP contribution in [-0.4, -0.2) is 31.1 Å². The van der Waals surface area contributed by atoms with Crippen LogP contribution in [0.1, 0.15) is 43.0 Å². The maximum Gasteiger partial charge on any atom is 0.315 e. The van der Waals surface area contributed by atoms with Crippen LogP contribution in [0.3, 0.4) is 0 Å². The second-order valence-electron chi connectivity index (χ2n) is 7.18. The van der Waals surface area contributed by atoms with E-state index in [0.717, 1.165) is 28.8 Å². The van der Waals surface area contributed by atoms with E-state index in [1.807, 2.05) is 48.5 Å². The van der Waals surface area contributed by atoms with E-state index in [4.69, 9.17) is 4.74 Å².